The van der Waals surface area contributed by atoms with E-state index in [0.717, 1.165) is 5.56 Å². The zero-order valence-electron chi connectivity index (χ0n) is 9.67. The Morgan fingerprint density at radius 1 is 1.06 bits per heavy atom. The molecule has 0 saturated carbocycles. The SMILES string of the molecule is Nc1cccc(C(P)=Nc2cc(N)ccc2O)c1. The third-order valence-corrected chi connectivity index (χ3v) is 2.89. The minimum absolute atomic E-state index is 0.0908. The summed E-state index contributed by atoms with van der Waals surface area (Å²) in [5.74, 6) is 0.0908. The van der Waals surface area contributed by atoms with E-state index < -0.39 is 0 Å². The molecule has 0 radical (unpaired) electrons. The Morgan fingerprint density at radius 3 is 2.50 bits per heavy atom. The Morgan fingerprint density at radius 2 is 1.78 bits per heavy atom. The van der Waals surface area contributed by atoms with Gasteiger partial charge in [-0.15, -0.1) is 0 Å². The maximum absolute atomic E-state index is 9.69. The molecule has 0 bridgehead atoms. The van der Waals surface area contributed by atoms with Crippen molar-refractivity contribution >= 4 is 31.8 Å². The van der Waals surface area contributed by atoms with E-state index in [2.05, 4.69) is 14.2 Å². The Kier molecular flexibility index (Phi) is 3.49. The number of benzene rings is 2. The van der Waals surface area contributed by atoms with Crippen molar-refractivity contribution in [3.63, 3.8) is 0 Å². The van der Waals surface area contributed by atoms with E-state index >= 15 is 0 Å². The van der Waals surface area contributed by atoms with E-state index in [1.54, 1.807) is 18.2 Å². The number of aliphatic imine (C=N–C) groups is 1. The fraction of sp³-hybridized carbons (Fsp3) is 0. The van der Waals surface area contributed by atoms with Crippen LogP contribution in [0.3, 0.4) is 0 Å². The highest BCUT2D eigenvalue weighted by atomic mass is 31.0. The van der Waals surface area contributed by atoms with Crippen molar-refractivity contribution in [1.29, 1.82) is 0 Å². The normalized spacial score (nSPS) is 11.5. The van der Waals surface area contributed by atoms with Crippen LogP contribution in [0, 0.1) is 0 Å². The zero-order valence-corrected chi connectivity index (χ0v) is 10.8. The van der Waals surface area contributed by atoms with E-state index in [4.69, 9.17) is 11.5 Å². The number of nitrogens with zero attached hydrogens (tertiary/aromatic N) is 1. The van der Waals surface area contributed by atoms with Crippen molar-refractivity contribution in [1.82, 2.24) is 0 Å². The van der Waals surface area contributed by atoms with Crippen molar-refractivity contribution < 1.29 is 5.11 Å². The summed E-state index contributed by atoms with van der Waals surface area (Å²) in [6.07, 6.45) is 0. The molecule has 1 unspecified atom stereocenters. The molecule has 1 atom stereocenters. The highest BCUT2D eigenvalue weighted by molar-refractivity contribution is 7.42. The van der Waals surface area contributed by atoms with Gasteiger partial charge in [-0.05, 0) is 30.3 Å². The minimum atomic E-state index is 0.0908. The van der Waals surface area contributed by atoms with Crippen LogP contribution >= 0.6 is 9.24 Å². The number of rotatable bonds is 2. The fourth-order valence-electron chi connectivity index (χ4n) is 1.52. The van der Waals surface area contributed by atoms with Crippen LogP contribution in [0.2, 0.25) is 0 Å². The lowest BCUT2D eigenvalue weighted by Crippen LogP contribution is -1.93. The van der Waals surface area contributed by atoms with E-state index in [1.807, 2.05) is 18.2 Å². The molecule has 0 fully saturated rings. The van der Waals surface area contributed by atoms with Crippen LogP contribution in [0.1, 0.15) is 5.56 Å². The molecule has 0 aliphatic heterocycles. The smallest absolute Gasteiger partial charge is 0.141 e. The molecular formula is C13H14N3OP. The van der Waals surface area contributed by atoms with E-state index in [1.165, 1.54) is 6.07 Å². The monoisotopic (exact) mass is 259 g/mol. The van der Waals surface area contributed by atoms with Gasteiger partial charge in [-0.3, -0.25) is 0 Å². The predicted octanol–water partition coefficient (Wildman–Crippen LogP) is 2.51. The quantitative estimate of drug-likeness (QED) is 0.335. The van der Waals surface area contributed by atoms with Crippen LogP contribution < -0.4 is 11.5 Å². The number of anilines is 2. The number of phenols is 1. The van der Waals surface area contributed by atoms with Crippen LogP contribution in [-0.2, 0) is 0 Å². The number of hydrogen-bond donors (Lipinski definition) is 3. The highest BCUT2D eigenvalue weighted by Crippen LogP contribution is 2.29. The lowest BCUT2D eigenvalue weighted by Gasteiger charge is -2.04. The molecule has 0 spiro atoms. The van der Waals surface area contributed by atoms with Crippen molar-refractivity contribution in [2.45, 2.75) is 0 Å². The second-order valence-corrected chi connectivity index (χ2v) is 4.42. The molecule has 0 aliphatic rings. The summed E-state index contributed by atoms with van der Waals surface area (Å²) in [4.78, 5) is 4.32. The van der Waals surface area contributed by atoms with Gasteiger partial charge in [0.05, 0.1) is 5.45 Å². The summed E-state index contributed by atoms with van der Waals surface area (Å²) < 4.78 is 0. The number of nitrogens with two attached hydrogens (primary N) is 2. The zero-order chi connectivity index (χ0) is 13.1. The van der Waals surface area contributed by atoms with E-state index in [9.17, 15) is 5.11 Å². The summed E-state index contributed by atoms with van der Waals surface area (Å²) in [6.45, 7) is 0. The molecule has 5 N–H and O–H groups in total. The lowest BCUT2D eigenvalue weighted by molar-refractivity contribution is 0.477. The van der Waals surface area contributed by atoms with Gasteiger partial charge in [-0.1, -0.05) is 21.4 Å². The molecule has 2 aromatic carbocycles. The molecule has 0 heterocycles. The van der Waals surface area contributed by atoms with Gasteiger partial charge >= 0.3 is 0 Å². The van der Waals surface area contributed by atoms with E-state index in [-0.39, 0.29) is 5.75 Å². The summed E-state index contributed by atoms with van der Waals surface area (Å²) in [7, 11) is 2.53. The fourth-order valence-corrected chi connectivity index (χ4v) is 1.84. The average Bonchev–Trinajstić information content (AvgIpc) is 2.34. The first-order chi connectivity index (χ1) is 8.56. The Bertz CT molecular complexity index is 611. The standard InChI is InChI=1S/C13H14N3OP/c14-9-3-1-2-8(6-9)13(18)16-11-7-10(15)4-5-12(11)17/h1-7,17H,14-15,18H2. The van der Waals surface area contributed by atoms with Crippen LogP contribution in [0.4, 0.5) is 17.1 Å². The maximum atomic E-state index is 9.69. The van der Waals surface area contributed by atoms with Crippen LogP contribution in [-0.4, -0.2) is 10.6 Å². The summed E-state index contributed by atoms with van der Waals surface area (Å²) in [5.41, 5.74) is 14.6. The predicted molar refractivity (Wildman–Crippen MR) is 79.3 cm³/mol. The number of hydrogen-bond acceptors (Lipinski definition) is 4. The summed E-state index contributed by atoms with van der Waals surface area (Å²) in [5, 5.41) is 9.69. The van der Waals surface area contributed by atoms with Crippen LogP contribution in [0.5, 0.6) is 5.75 Å². The first-order valence-electron chi connectivity index (χ1n) is 5.35. The molecule has 0 aromatic heterocycles. The second-order valence-electron chi connectivity index (χ2n) is 3.87. The van der Waals surface area contributed by atoms with Gasteiger partial charge in [0, 0.05) is 16.9 Å². The average molecular weight is 259 g/mol. The second kappa shape index (κ2) is 5.07. The third kappa shape index (κ3) is 2.79. The van der Waals surface area contributed by atoms with Gasteiger partial charge in [0.1, 0.15) is 11.4 Å². The lowest BCUT2D eigenvalue weighted by atomic mass is 10.2. The largest absolute Gasteiger partial charge is 0.506 e. The van der Waals surface area contributed by atoms with E-state index in [0.29, 0.717) is 22.5 Å². The van der Waals surface area contributed by atoms with Gasteiger partial charge in [0.15, 0.2) is 0 Å². The molecular weight excluding hydrogens is 245 g/mol. The Balaban J connectivity index is 2.41. The summed E-state index contributed by atoms with van der Waals surface area (Å²) >= 11 is 0. The van der Waals surface area contributed by atoms with Crippen LogP contribution in [0.15, 0.2) is 47.5 Å². The third-order valence-electron chi connectivity index (χ3n) is 2.42. The highest BCUT2D eigenvalue weighted by Gasteiger charge is 2.03. The first kappa shape index (κ1) is 12.4. The van der Waals surface area contributed by atoms with Gasteiger partial charge in [-0.2, -0.15) is 0 Å². The maximum Gasteiger partial charge on any atom is 0.141 e. The van der Waals surface area contributed by atoms with Gasteiger partial charge in [0.25, 0.3) is 0 Å². The van der Waals surface area contributed by atoms with Crippen molar-refractivity contribution in [2.75, 3.05) is 11.5 Å². The number of nitrogen functional groups attached to an aromatic ring is 2. The van der Waals surface area contributed by atoms with Crippen molar-refractivity contribution in [3.05, 3.63) is 48.0 Å². The molecule has 18 heavy (non-hydrogen) atoms. The molecule has 0 saturated heterocycles. The topological polar surface area (TPSA) is 84.6 Å². The van der Waals surface area contributed by atoms with Crippen LogP contribution in [0.25, 0.3) is 0 Å². The summed E-state index contributed by atoms with van der Waals surface area (Å²) in [6, 6.07) is 12.1. The molecule has 0 aliphatic carbocycles. The first-order valence-corrected chi connectivity index (χ1v) is 5.92. The van der Waals surface area contributed by atoms with Gasteiger partial charge in [0.2, 0.25) is 0 Å². The molecule has 0 amide bonds. The molecule has 2 rings (SSSR count). The Labute approximate surface area is 108 Å². The molecule has 92 valence electrons. The van der Waals surface area contributed by atoms with Crippen molar-refractivity contribution in [3.8, 4) is 5.75 Å². The van der Waals surface area contributed by atoms with Gasteiger partial charge < -0.3 is 16.6 Å². The molecule has 5 heteroatoms. The van der Waals surface area contributed by atoms with Gasteiger partial charge in [-0.25, -0.2) is 4.99 Å². The Hall–Kier alpha value is -2.06. The molecule has 4 nitrogen and oxygen atoms in total. The molecule has 2 aromatic rings. The number of aromatic hydroxyl groups is 1. The van der Waals surface area contributed by atoms with Crippen molar-refractivity contribution in [2.24, 2.45) is 4.99 Å². The number of phenolic OH excluding ortho intramolecular Hbond substituents is 1. The minimum Gasteiger partial charge on any atom is -0.506 e.